The van der Waals surface area contributed by atoms with Gasteiger partial charge in [0.2, 0.25) is 11.8 Å². The van der Waals surface area contributed by atoms with Crippen LogP contribution in [0.4, 0.5) is 5.69 Å². The fraction of sp³-hybridized carbons (Fsp3) is 0.417. The van der Waals surface area contributed by atoms with Gasteiger partial charge in [0.05, 0.1) is 6.04 Å². The van der Waals surface area contributed by atoms with E-state index in [1.807, 2.05) is 46.2 Å². The number of nitrogens with two attached hydrogens (primary N) is 1. The van der Waals surface area contributed by atoms with Crippen LogP contribution in [0.15, 0.2) is 48.5 Å². The first-order valence-corrected chi connectivity index (χ1v) is 11.3. The van der Waals surface area contributed by atoms with Crippen molar-refractivity contribution in [1.82, 2.24) is 9.80 Å². The number of hydrogen-bond donors (Lipinski definition) is 1. The Kier molecular flexibility index (Phi) is 6.78. The Morgan fingerprint density at radius 2 is 1.71 bits per heavy atom. The minimum atomic E-state index is -0.554. The highest BCUT2D eigenvalue weighted by molar-refractivity contribution is 6.30. The third kappa shape index (κ3) is 5.20. The van der Waals surface area contributed by atoms with Gasteiger partial charge in [0.1, 0.15) is 0 Å². The van der Waals surface area contributed by atoms with Crippen LogP contribution in [0.1, 0.15) is 24.0 Å². The van der Waals surface area contributed by atoms with Crippen molar-refractivity contribution in [3.63, 3.8) is 0 Å². The highest BCUT2D eigenvalue weighted by Gasteiger charge is 2.27. The van der Waals surface area contributed by atoms with Crippen LogP contribution in [-0.2, 0) is 22.6 Å². The molecule has 2 saturated heterocycles. The van der Waals surface area contributed by atoms with Crippen molar-refractivity contribution in [2.75, 3.05) is 37.6 Å². The zero-order chi connectivity index (χ0) is 21.8. The largest absolute Gasteiger partial charge is 0.368 e. The zero-order valence-corrected chi connectivity index (χ0v) is 18.4. The number of hydrogen-bond acceptors (Lipinski definition) is 4. The fourth-order valence-corrected chi connectivity index (χ4v) is 4.52. The summed E-state index contributed by atoms with van der Waals surface area (Å²) in [6.45, 7) is 4.28. The van der Waals surface area contributed by atoms with Gasteiger partial charge in [-0.2, -0.15) is 0 Å². The number of carbonyl (C=O) groups excluding carboxylic acids is 2. The maximum absolute atomic E-state index is 12.9. The minimum absolute atomic E-state index is 0.00875. The minimum Gasteiger partial charge on any atom is -0.368 e. The lowest BCUT2D eigenvalue weighted by molar-refractivity contribution is -0.133. The summed E-state index contributed by atoms with van der Waals surface area (Å²) in [4.78, 5) is 31.0. The number of para-hydroxylation sites is 1. The summed E-state index contributed by atoms with van der Waals surface area (Å²) in [7, 11) is 0. The Morgan fingerprint density at radius 3 is 2.39 bits per heavy atom. The summed E-state index contributed by atoms with van der Waals surface area (Å²) < 4.78 is 0. The molecule has 2 aromatic carbocycles. The van der Waals surface area contributed by atoms with Gasteiger partial charge < -0.3 is 20.4 Å². The third-order valence-electron chi connectivity index (χ3n) is 6.14. The van der Waals surface area contributed by atoms with Gasteiger partial charge in [-0.25, -0.2) is 0 Å². The lowest BCUT2D eigenvalue weighted by Crippen LogP contribution is -2.53. The zero-order valence-electron chi connectivity index (χ0n) is 17.7. The predicted octanol–water partition coefficient (Wildman–Crippen LogP) is 2.68. The quantitative estimate of drug-likeness (QED) is 0.749. The number of piperazine rings is 1. The molecule has 0 saturated carbocycles. The molecular weight excluding hydrogens is 412 g/mol. The molecule has 0 spiro atoms. The van der Waals surface area contributed by atoms with Crippen LogP contribution >= 0.6 is 11.6 Å². The summed E-state index contributed by atoms with van der Waals surface area (Å²) in [6, 6.07) is 15.2. The number of nitrogens with zero attached hydrogens (tertiary/aromatic N) is 3. The van der Waals surface area contributed by atoms with Crippen LogP contribution in [0.3, 0.4) is 0 Å². The molecule has 0 aromatic heterocycles. The van der Waals surface area contributed by atoms with Gasteiger partial charge >= 0.3 is 0 Å². The van der Waals surface area contributed by atoms with Crippen LogP contribution in [0.5, 0.6) is 0 Å². The Labute approximate surface area is 188 Å². The molecule has 31 heavy (non-hydrogen) atoms. The molecule has 0 radical (unpaired) electrons. The summed E-state index contributed by atoms with van der Waals surface area (Å²) in [5.41, 5.74) is 9.54. The maximum Gasteiger partial charge on any atom is 0.239 e. The van der Waals surface area contributed by atoms with Gasteiger partial charge in [-0.15, -0.1) is 0 Å². The van der Waals surface area contributed by atoms with E-state index in [0.29, 0.717) is 37.5 Å². The van der Waals surface area contributed by atoms with Crippen molar-refractivity contribution < 1.29 is 9.59 Å². The number of halogens is 1. The summed E-state index contributed by atoms with van der Waals surface area (Å²) in [5.74, 6) is 0.227. The van der Waals surface area contributed by atoms with E-state index in [4.69, 9.17) is 17.3 Å². The molecule has 0 bridgehead atoms. The van der Waals surface area contributed by atoms with Crippen LogP contribution in [0, 0.1) is 0 Å². The molecule has 1 unspecified atom stereocenters. The van der Waals surface area contributed by atoms with Gasteiger partial charge in [-0.3, -0.25) is 9.59 Å². The maximum atomic E-state index is 12.9. The lowest BCUT2D eigenvalue weighted by Gasteiger charge is -2.38. The van der Waals surface area contributed by atoms with Crippen molar-refractivity contribution in [2.45, 2.75) is 31.8 Å². The molecule has 2 aliphatic rings. The molecule has 2 N–H and O–H groups in total. The van der Waals surface area contributed by atoms with Gasteiger partial charge in [0.15, 0.2) is 0 Å². The fourth-order valence-electron chi connectivity index (χ4n) is 4.39. The second-order valence-electron chi connectivity index (χ2n) is 8.30. The normalized spacial score (nSPS) is 17.9. The first-order chi connectivity index (χ1) is 15.0. The lowest BCUT2D eigenvalue weighted by atomic mass is 10.0. The second-order valence-corrected chi connectivity index (χ2v) is 8.73. The summed E-state index contributed by atoms with van der Waals surface area (Å²) in [5, 5.41) is 0.675. The number of benzene rings is 2. The van der Waals surface area contributed by atoms with Crippen LogP contribution in [0.25, 0.3) is 0 Å². The average molecular weight is 441 g/mol. The summed E-state index contributed by atoms with van der Waals surface area (Å²) in [6.07, 6.45) is 2.10. The van der Waals surface area contributed by atoms with E-state index in [1.165, 1.54) is 0 Å². The third-order valence-corrected chi connectivity index (χ3v) is 6.39. The van der Waals surface area contributed by atoms with Crippen molar-refractivity contribution in [3.05, 3.63) is 64.7 Å². The molecular formula is C24H29ClN4O2. The van der Waals surface area contributed by atoms with E-state index in [2.05, 4.69) is 17.0 Å². The van der Waals surface area contributed by atoms with Gasteiger partial charge in [-0.1, -0.05) is 41.9 Å². The van der Waals surface area contributed by atoms with Crippen molar-refractivity contribution in [1.29, 1.82) is 0 Å². The molecule has 2 heterocycles. The smallest absolute Gasteiger partial charge is 0.239 e. The molecule has 2 aliphatic heterocycles. The van der Waals surface area contributed by atoms with Crippen LogP contribution in [0.2, 0.25) is 5.02 Å². The van der Waals surface area contributed by atoms with Crippen molar-refractivity contribution in [2.24, 2.45) is 5.73 Å². The molecule has 4 rings (SSSR count). The molecule has 6 nitrogen and oxygen atoms in total. The Morgan fingerprint density at radius 1 is 1.00 bits per heavy atom. The Bertz CT molecular complexity index is 925. The number of amides is 2. The molecule has 0 aliphatic carbocycles. The average Bonchev–Trinajstić information content (AvgIpc) is 3.19. The Hall–Kier alpha value is -2.57. The highest BCUT2D eigenvalue weighted by Crippen LogP contribution is 2.25. The standard InChI is InChI=1S/C24H29ClN4O2/c25-20-9-7-18(8-10-20)16-21(26)24(31)28-14-12-27(13-15-28)22-5-2-1-4-19(22)17-29-11-3-6-23(29)30/h1-2,4-5,7-10,21H,3,6,11-17,26H2. The van der Waals surface area contributed by atoms with Crippen molar-refractivity contribution >= 4 is 29.1 Å². The van der Waals surface area contributed by atoms with Gasteiger partial charge in [-0.05, 0) is 42.2 Å². The van der Waals surface area contributed by atoms with E-state index in [9.17, 15) is 9.59 Å². The molecule has 1 atom stereocenters. The van der Waals surface area contributed by atoms with Crippen LogP contribution < -0.4 is 10.6 Å². The molecule has 7 heteroatoms. The Balaban J connectivity index is 1.35. The number of carbonyl (C=O) groups is 2. The van der Waals surface area contributed by atoms with Gasteiger partial charge in [0, 0.05) is 56.4 Å². The molecule has 164 valence electrons. The first-order valence-electron chi connectivity index (χ1n) is 10.9. The second kappa shape index (κ2) is 9.71. The first kappa shape index (κ1) is 21.7. The SMILES string of the molecule is NC(Cc1ccc(Cl)cc1)C(=O)N1CCN(c2ccccc2CN2CCCC2=O)CC1. The molecule has 2 amide bonds. The van der Waals surface area contributed by atoms with Gasteiger partial charge in [0.25, 0.3) is 0 Å². The van der Waals surface area contributed by atoms with E-state index in [-0.39, 0.29) is 11.8 Å². The van der Waals surface area contributed by atoms with Crippen molar-refractivity contribution in [3.8, 4) is 0 Å². The number of anilines is 1. The number of likely N-dealkylation sites (tertiary alicyclic amines) is 1. The monoisotopic (exact) mass is 440 g/mol. The van der Waals surface area contributed by atoms with E-state index in [1.54, 1.807) is 0 Å². The molecule has 2 aromatic rings. The van der Waals surface area contributed by atoms with E-state index >= 15 is 0 Å². The molecule has 2 fully saturated rings. The summed E-state index contributed by atoms with van der Waals surface area (Å²) >= 11 is 5.93. The number of rotatable bonds is 6. The van der Waals surface area contributed by atoms with Crippen LogP contribution in [-0.4, -0.2) is 60.4 Å². The topological polar surface area (TPSA) is 69.9 Å². The van der Waals surface area contributed by atoms with E-state index in [0.717, 1.165) is 42.9 Å². The predicted molar refractivity (Wildman–Crippen MR) is 123 cm³/mol. The van der Waals surface area contributed by atoms with E-state index < -0.39 is 6.04 Å². The highest BCUT2D eigenvalue weighted by atomic mass is 35.5.